The first-order chi connectivity index (χ1) is 12.1. The van der Waals surface area contributed by atoms with E-state index in [0.29, 0.717) is 0 Å². The third-order valence-electron chi connectivity index (χ3n) is 4.70. The van der Waals surface area contributed by atoms with E-state index in [9.17, 15) is 22.4 Å². The Labute approximate surface area is 148 Å². The fraction of sp³-hybridized carbons (Fsp3) is 0.316. The fourth-order valence-electron chi connectivity index (χ4n) is 3.42. The minimum atomic E-state index is -4.89. The van der Waals surface area contributed by atoms with Gasteiger partial charge >= 0.3 is 6.36 Å². The lowest BCUT2D eigenvalue weighted by atomic mass is 10.0. The molecule has 3 nitrogen and oxygen atoms in total. The van der Waals surface area contributed by atoms with Crippen molar-refractivity contribution in [2.45, 2.75) is 26.1 Å². The molecular weight excluding hydrogens is 350 g/mol. The van der Waals surface area contributed by atoms with E-state index >= 15 is 0 Å². The number of anilines is 1. The molecule has 138 valence electrons. The molecule has 0 heterocycles. The lowest BCUT2D eigenvalue weighted by Crippen LogP contribution is -2.19. The molecule has 1 amide bonds. The van der Waals surface area contributed by atoms with Crippen LogP contribution in [0.4, 0.5) is 23.2 Å². The van der Waals surface area contributed by atoms with E-state index in [1.807, 2.05) is 44.2 Å². The summed E-state index contributed by atoms with van der Waals surface area (Å²) >= 11 is 0. The van der Waals surface area contributed by atoms with Gasteiger partial charge in [-0.05, 0) is 23.1 Å². The monoisotopic (exact) mass is 367 g/mol. The molecule has 0 spiro atoms. The van der Waals surface area contributed by atoms with Crippen LogP contribution in [0.15, 0.2) is 48.5 Å². The molecule has 1 aliphatic carbocycles. The SMILES string of the molecule is CC1(C)C(C(=O)Nc2cc(OC(F)(F)F)ccc2F)C1c1ccccc1. The molecule has 0 radical (unpaired) electrons. The van der Waals surface area contributed by atoms with Crippen molar-refractivity contribution in [3.8, 4) is 5.75 Å². The van der Waals surface area contributed by atoms with Crippen molar-refractivity contribution >= 4 is 11.6 Å². The van der Waals surface area contributed by atoms with E-state index in [0.717, 1.165) is 23.8 Å². The topological polar surface area (TPSA) is 38.3 Å². The fourth-order valence-corrected chi connectivity index (χ4v) is 3.42. The first-order valence-corrected chi connectivity index (χ1v) is 8.01. The van der Waals surface area contributed by atoms with Crippen LogP contribution in [0.5, 0.6) is 5.75 Å². The molecule has 26 heavy (non-hydrogen) atoms. The maximum absolute atomic E-state index is 13.9. The van der Waals surface area contributed by atoms with Crippen LogP contribution in [0.3, 0.4) is 0 Å². The Balaban J connectivity index is 1.77. The molecule has 0 aromatic heterocycles. The summed E-state index contributed by atoms with van der Waals surface area (Å²) in [5, 5.41) is 2.39. The van der Waals surface area contributed by atoms with E-state index < -0.39 is 29.8 Å². The third-order valence-corrected chi connectivity index (χ3v) is 4.70. The zero-order chi connectivity index (χ0) is 19.1. The van der Waals surface area contributed by atoms with Gasteiger partial charge in [0.15, 0.2) is 0 Å². The molecule has 2 aromatic carbocycles. The summed E-state index contributed by atoms with van der Waals surface area (Å²) in [6.45, 7) is 3.85. The Bertz CT molecular complexity index is 818. The summed E-state index contributed by atoms with van der Waals surface area (Å²) in [5.41, 5.74) is 0.320. The number of amides is 1. The highest BCUT2D eigenvalue weighted by molar-refractivity contribution is 5.96. The number of nitrogens with one attached hydrogen (secondary N) is 1. The number of carbonyl (C=O) groups excluding carboxylic acids is 1. The zero-order valence-corrected chi connectivity index (χ0v) is 14.1. The van der Waals surface area contributed by atoms with Crippen LogP contribution >= 0.6 is 0 Å². The van der Waals surface area contributed by atoms with Crippen LogP contribution in [0.2, 0.25) is 0 Å². The highest BCUT2D eigenvalue weighted by Gasteiger charge is 2.62. The Morgan fingerprint density at radius 1 is 1.12 bits per heavy atom. The Morgan fingerprint density at radius 2 is 1.77 bits per heavy atom. The first-order valence-electron chi connectivity index (χ1n) is 8.01. The van der Waals surface area contributed by atoms with Crippen molar-refractivity contribution in [2.75, 3.05) is 5.32 Å². The summed E-state index contributed by atoms with van der Waals surface area (Å²) in [4.78, 5) is 12.6. The van der Waals surface area contributed by atoms with Crippen molar-refractivity contribution in [3.05, 3.63) is 59.9 Å². The lowest BCUT2D eigenvalue weighted by Gasteiger charge is -2.12. The molecule has 2 atom stereocenters. The second-order valence-corrected chi connectivity index (χ2v) is 6.87. The molecule has 2 aromatic rings. The van der Waals surface area contributed by atoms with Crippen LogP contribution in [-0.4, -0.2) is 12.3 Å². The Kier molecular flexibility index (Phi) is 4.42. The summed E-state index contributed by atoms with van der Waals surface area (Å²) in [6, 6.07) is 11.9. The lowest BCUT2D eigenvalue weighted by molar-refractivity contribution is -0.274. The smallest absolute Gasteiger partial charge is 0.406 e. The Hall–Kier alpha value is -2.57. The first kappa shape index (κ1) is 18.2. The molecule has 0 aliphatic heterocycles. The molecule has 1 fully saturated rings. The number of ether oxygens (including phenoxy) is 1. The number of rotatable bonds is 4. The summed E-state index contributed by atoms with van der Waals surface area (Å²) in [6.07, 6.45) is -4.89. The molecule has 0 saturated heterocycles. The standard InChI is InChI=1S/C19H17F4NO2/c1-18(2)15(11-6-4-3-5-7-11)16(18)17(25)24-14-10-12(8-9-13(14)20)26-19(21,22)23/h3-10,15-16H,1-2H3,(H,24,25). The van der Waals surface area contributed by atoms with Crippen LogP contribution in [0, 0.1) is 17.2 Å². The number of benzene rings is 2. The van der Waals surface area contributed by atoms with E-state index in [1.54, 1.807) is 0 Å². The maximum Gasteiger partial charge on any atom is 0.573 e. The average molecular weight is 367 g/mol. The van der Waals surface area contributed by atoms with Crippen LogP contribution < -0.4 is 10.1 Å². The summed E-state index contributed by atoms with van der Waals surface area (Å²) in [5.74, 6) is -2.31. The molecular formula is C19H17F4NO2. The molecule has 1 aliphatic rings. The average Bonchev–Trinajstić information content (AvgIpc) is 3.12. The number of halogens is 4. The van der Waals surface area contributed by atoms with E-state index in [4.69, 9.17) is 0 Å². The maximum atomic E-state index is 13.9. The van der Waals surface area contributed by atoms with Gasteiger partial charge < -0.3 is 10.1 Å². The molecule has 3 rings (SSSR count). The van der Waals surface area contributed by atoms with E-state index in [2.05, 4.69) is 10.1 Å². The summed E-state index contributed by atoms with van der Waals surface area (Å²) < 4.78 is 54.6. The zero-order valence-electron chi connectivity index (χ0n) is 14.1. The quantitative estimate of drug-likeness (QED) is 0.764. The highest BCUT2D eigenvalue weighted by atomic mass is 19.4. The Morgan fingerprint density at radius 3 is 2.38 bits per heavy atom. The van der Waals surface area contributed by atoms with E-state index in [-0.39, 0.29) is 17.0 Å². The predicted octanol–water partition coefficient (Wildman–Crippen LogP) is 5.10. The summed E-state index contributed by atoms with van der Waals surface area (Å²) in [7, 11) is 0. The van der Waals surface area contributed by atoms with Gasteiger partial charge in [-0.25, -0.2) is 4.39 Å². The van der Waals surface area contributed by atoms with E-state index in [1.165, 1.54) is 0 Å². The molecule has 0 bridgehead atoms. The van der Waals surface area contributed by atoms with Crippen molar-refractivity contribution in [1.82, 2.24) is 0 Å². The van der Waals surface area contributed by atoms with Gasteiger partial charge in [0.25, 0.3) is 0 Å². The highest BCUT2D eigenvalue weighted by Crippen LogP contribution is 2.64. The number of alkyl halides is 3. The molecule has 1 N–H and O–H groups in total. The van der Waals surface area contributed by atoms with Gasteiger partial charge in [-0.15, -0.1) is 13.2 Å². The second kappa shape index (κ2) is 6.30. The predicted molar refractivity (Wildman–Crippen MR) is 88.2 cm³/mol. The van der Waals surface area contributed by atoms with Gasteiger partial charge in [0.2, 0.25) is 5.91 Å². The van der Waals surface area contributed by atoms with Crippen LogP contribution in [-0.2, 0) is 4.79 Å². The molecule has 2 unspecified atom stereocenters. The van der Waals surface area contributed by atoms with Gasteiger partial charge in [0, 0.05) is 12.0 Å². The minimum Gasteiger partial charge on any atom is -0.406 e. The van der Waals surface area contributed by atoms with Gasteiger partial charge in [-0.3, -0.25) is 4.79 Å². The van der Waals surface area contributed by atoms with Crippen molar-refractivity contribution in [1.29, 1.82) is 0 Å². The van der Waals surface area contributed by atoms with Crippen LogP contribution in [0.1, 0.15) is 25.3 Å². The van der Waals surface area contributed by atoms with Gasteiger partial charge in [-0.2, -0.15) is 0 Å². The second-order valence-electron chi connectivity index (χ2n) is 6.87. The number of hydrogen-bond acceptors (Lipinski definition) is 2. The van der Waals surface area contributed by atoms with Gasteiger partial charge in [0.1, 0.15) is 11.6 Å². The minimum absolute atomic E-state index is 0.0404. The van der Waals surface area contributed by atoms with Crippen molar-refractivity contribution < 1.29 is 27.1 Å². The number of carbonyl (C=O) groups is 1. The molecule has 1 saturated carbocycles. The van der Waals surface area contributed by atoms with Crippen molar-refractivity contribution in [3.63, 3.8) is 0 Å². The number of hydrogen-bond donors (Lipinski definition) is 1. The third kappa shape index (κ3) is 3.66. The normalized spacial score (nSPS) is 21.2. The molecule has 7 heteroatoms. The largest absolute Gasteiger partial charge is 0.573 e. The van der Waals surface area contributed by atoms with Crippen LogP contribution in [0.25, 0.3) is 0 Å². The van der Waals surface area contributed by atoms with Gasteiger partial charge in [-0.1, -0.05) is 44.2 Å². The van der Waals surface area contributed by atoms with Gasteiger partial charge in [0.05, 0.1) is 11.6 Å². The van der Waals surface area contributed by atoms with Crippen molar-refractivity contribution in [2.24, 2.45) is 11.3 Å².